The molecule has 0 saturated heterocycles. The molecule has 0 fully saturated rings. The molecule has 1 aliphatic carbocycles. The molecule has 0 bridgehead atoms. The summed E-state index contributed by atoms with van der Waals surface area (Å²) in [5.74, 6) is 0. The van der Waals surface area contributed by atoms with Crippen molar-refractivity contribution in [3.05, 3.63) is 54.6 Å². The highest BCUT2D eigenvalue weighted by Crippen LogP contribution is 2.15. The minimum atomic E-state index is 0.0786. The molecular weight excluding hydrogens is 260 g/mol. The zero-order valence-corrected chi connectivity index (χ0v) is 12.4. The monoisotopic (exact) mass is 284 g/mol. The number of para-hydroxylation sites is 1. The number of oxime groups is 1. The van der Waals surface area contributed by atoms with Gasteiger partial charge in [0, 0.05) is 5.69 Å². The molecule has 1 aromatic rings. The van der Waals surface area contributed by atoms with Gasteiger partial charge in [-0.15, -0.1) is 0 Å². The van der Waals surface area contributed by atoms with Crippen LogP contribution < -0.4 is 5.32 Å². The van der Waals surface area contributed by atoms with Gasteiger partial charge < -0.3 is 10.5 Å². The molecule has 112 valence electrons. The third kappa shape index (κ3) is 5.46. The van der Waals surface area contributed by atoms with E-state index in [0.29, 0.717) is 0 Å². The molecule has 1 unspecified atom stereocenters. The Balaban J connectivity index is 2.08. The van der Waals surface area contributed by atoms with Gasteiger partial charge in [0.2, 0.25) is 0 Å². The lowest BCUT2D eigenvalue weighted by Crippen LogP contribution is -2.29. The molecule has 0 spiro atoms. The van der Waals surface area contributed by atoms with Crippen molar-refractivity contribution in [2.24, 2.45) is 5.16 Å². The number of hydrogen-bond acceptors (Lipinski definition) is 3. The van der Waals surface area contributed by atoms with E-state index in [9.17, 15) is 5.21 Å². The Hall–Kier alpha value is -2.03. The highest BCUT2D eigenvalue weighted by atomic mass is 16.4. The fraction of sp³-hybridized carbons (Fsp3) is 0.389. The van der Waals surface area contributed by atoms with Gasteiger partial charge in [0.1, 0.15) is 0 Å². The second kappa shape index (κ2) is 9.01. The number of hydrogen-bond donors (Lipinski definition) is 2. The van der Waals surface area contributed by atoms with Gasteiger partial charge in [-0.2, -0.15) is 0 Å². The smallest absolute Gasteiger partial charge is 0.0795 e. The molecule has 3 heteroatoms. The van der Waals surface area contributed by atoms with Crippen molar-refractivity contribution in [3.63, 3.8) is 0 Å². The minimum Gasteiger partial charge on any atom is -0.411 e. The van der Waals surface area contributed by atoms with Crippen LogP contribution in [-0.4, -0.2) is 17.0 Å². The van der Waals surface area contributed by atoms with E-state index >= 15 is 0 Å². The van der Waals surface area contributed by atoms with E-state index in [1.165, 1.54) is 0 Å². The normalized spacial score (nSPS) is 25.5. The zero-order valence-electron chi connectivity index (χ0n) is 12.4. The summed E-state index contributed by atoms with van der Waals surface area (Å²) in [7, 11) is 0. The predicted molar refractivity (Wildman–Crippen MR) is 89.1 cm³/mol. The standard InChI is InChI=1S/C18H24N2O/c21-20-18-15-11-6-4-2-1-3-5-10-14-17(18)19-16-12-8-7-9-13-16/h3-9,12-13,17,19,21H,1-2,10-11,14-15H2/b5-3+,6-4+,20-18-. The van der Waals surface area contributed by atoms with Crippen LogP contribution in [0.2, 0.25) is 0 Å². The molecule has 2 rings (SSSR count). The van der Waals surface area contributed by atoms with Crippen LogP contribution in [0.4, 0.5) is 5.69 Å². The Morgan fingerprint density at radius 2 is 1.57 bits per heavy atom. The lowest BCUT2D eigenvalue weighted by atomic mass is 10.00. The van der Waals surface area contributed by atoms with Gasteiger partial charge in [-0.3, -0.25) is 0 Å². The van der Waals surface area contributed by atoms with E-state index in [4.69, 9.17) is 0 Å². The third-order valence-electron chi connectivity index (χ3n) is 3.67. The second-order valence-corrected chi connectivity index (χ2v) is 5.29. The van der Waals surface area contributed by atoms with E-state index in [2.05, 4.69) is 34.8 Å². The van der Waals surface area contributed by atoms with Crippen LogP contribution in [0.15, 0.2) is 59.8 Å². The third-order valence-corrected chi connectivity index (χ3v) is 3.67. The minimum absolute atomic E-state index is 0.0786. The summed E-state index contributed by atoms with van der Waals surface area (Å²) >= 11 is 0. The number of rotatable bonds is 2. The van der Waals surface area contributed by atoms with Crippen molar-refractivity contribution < 1.29 is 5.21 Å². The number of benzene rings is 1. The predicted octanol–water partition coefficient (Wildman–Crippen LogP) is 4.76. The van der Waals surface area contributed by atoms with Crippen molar-refractivity contribution >= 4 is 11.4 Å². The average Bonchev–Trinajstić information content (AvgIpc) is 2.51. The molecule has 1 atom stereocenters. The zero-order chi connectivity index (χ0) is 14.8. The summed E-state index contributed by atoms with van der Waals surface area (Å²) in [5.41, 5.74) is 1.90. The Labute approximate surface area is 127 Å². The van der Waals surface area contributed by atoms with Gasteiger partial charge >= 0.3 is 0 Å². The Morgan fingerprint density at radius 1 is 0.905 bits per heavy atom. The Morgan fingerprint density at radius 3 is 2.29 bits per heavy atom. The molecule has 0 amide bonds. The SMILES string of the molecule is O/N=C1/CC/C=C/CC/C=C/CCC1Nc1ccccc1. The molecule has 2 N–H and O–H groups in total. The van der Waals surface area contributed by atoms with Crippen LogP contribution in [0.3, 0.4) is 0 Å². The number of allylic oxidation sites excluding steroid dienone is 4. The Kier molecular flexibility index (Phi) is 6.59. The fourth-order valence-corrected chi connectivity index (χ4v) is 2.51. The van der Waals surface area contributed by atoms with Crippen LogP contribution in [-0.2, 0) is 0 Å². The van der Waals surface area contributed by atoms with E-state index < -0.39 is 0 Å². The second-order valence-electron chi connectivity index (χ2n) is 5.29. The largest absolute Gasteiger partial charge is 0.411 e. The van der Waals surface area contributed by atoms with E-state index in [1.54, 1.807) is 0 Å². The molecule has 0 heterocycles. The summed E-state index contributed by atoms with van der Waals surface area (Å²) in [6.07, 6.45) is 14.7. The van der Waals surface area contributed by atoms with Gasteiger partial charge in [0.15, 0.2) is 0 Å². The first kappa shape index (κ1) is 15.4. The summed E-state index contributed by atoms with van der Waals surface area (Å²) in [6.45, 7) is 0. The summed E-state index contributed by atoms with van der Waals surface area (Å²) in [4.78, 5) is 0. The topological polar surface area (TPSA) is 44.6 Å². The molecule has 3 nitrogen and oxygen atoms in total. The van der Waals surface area contributed by atoms with Crippen molar-refractivity contribution in [1.82, 2.24) is 0 Å². The summed E-state index contributed by atoms with van der Waals surface area (Å²) in [6, 6.07) is 10.2. The maximum absolute atomic E-state index is 9.35. The lowest BCUT2D eigenvalue weighted by molar-refractivity contribution is 0.315. The van der Waals surface area contributed by atoms with Gasteiger partial charge in [0.25, 0.3) is 0 Å². The quantitative estimate of drug-likeness (QED) is 0.467. The highest BCUT2D eigenvalue weighted by molar-refractivity contribution is 5.91. The summed E-state index contributed by atoms with van der Waals surface area (Å²) in [5, 5.41) is 16.4. The van der Waals surface area contributed by atoms with Crippen molar-refractivity contribution in [1.29, 1.82) is 0 Å². The first-order chi connectivity index (χ1) is 10.4. The number of nitrogens with one attached hydrogen (secondary N) is 1. The van der Waals surface area contributed by atoms with Crippen LogP contribution in [0.25, 0.3) is 0 Å². The van der Waals surface area contributed by atoms with Crippen LogP contribution >= 0.6 is 0 Å². The maximum Gasteiger partial charge on any atom is 0.0795 e. The first-order valence-electron chi connectivity index (χ1n) is 7.72. The van der Waals surface area contributed by atoms with Crippen LogP contribution in [0.1, 0.15) is 38.5 Å². The van der Waals surface area contributed by atoms with E-state index in [-0.39, 0.29) is 6.04 Å². The van der Waals surface area contributed by atoms with Gasteiger partial charge in [0.05, 0.1) is 11.8 Å². The van der Waals surface area contributed by atoms with Crippen molar-refractivity contribution in [3.8, 4) is 0 Å². The number of nitrogens with zero attached hydrogens (tertiary/aromatic N) is 1. The van der Waals surface area contributed by atoms with Crippen LogP contribution in [0.5, 0.6) is 0 Å². The van der Waals surface area contributed by atoms with Crippen LogP contribution in [0, 0.1) is 0 Å². The Bertz CT molecular complexity index is 491. The first-order valence-corrected chi connectivity index (χ1v) is 7.72. The summed E-state index contributed by atoms with van der Waals surface area (Å²) < 4.78 is 0. The molecule has 21 heavy (non-hydrogen) atoms. The van der Waals surface area contributed by atoms with Crippen molar-refractivity contribution in [2.75, 3.05) is 5.32 Å². The molecule has 0 aliphatic heterocycles. The highest BCUT2D eigenvalue weighted by Gasteiger charge is 2.15. The van der Waals surface area contributed by atoms with Gasteiger partial charge in [-0.05, 0) is 50.7 Å². The van der Waals surface area contributed by atoms with E-state index in [1.807, 2.05) is 30.3 Å². The van der Waals surface area contributed by atoms with E-state index in [0.717, 1.165) is 49.9 Å². The molecule has 0 saturated carbocycles. The molecule has 1 aliphatic rings. The number of anilines is 1. The average molecular weight is 284 g/mol. The fourth-order valence-electron chi connectivity index (χ4n) is 2.51. The molecular formula is C18H24N2O. The van der Waals surface area contributed by atoms with Gasteiger partial charge in [-0.25, -0.2) is 0 Å². The molecule has 0 aromatic heterocycles. The lowest BCUT2D eigenvalue weighted by Gasteiger charge is -2.20. The van der Waals surface area contributed by atoms with Crippen molar-refractivity contribution in [2.45, 2.75) is 44.6 Å². The molecule has 0 radical (unpaired) electrons. The molecule has 1 aromatic carbocycles. The maximum atomic E-state index is 9.35. The van der Waals surface area contributed by atoms with Gasteiger partial charge in [-0.1, -0.05) is 47.7 Å².